The number of halogens is 1. The molecule has 0 unspecified atom stereocenters. The van der Waals surface area contributed by atoms with Gasteiger partial charge in [0.15, 0.2) is 0 Å². The number of hydrogen-bond acceptors (Lipinski definition) is 2. The van der Waals surface area contributed by atoms with E-state index in [9.17, 15) is 4.79 Å². The smallest absolute Gasteiger partial charge is 0.255 e. The number of nitrogens with one attached hydrogen (secondary N) is 1. The van der Waals surface area contributed by atoms with Crippen molar-refractivity contribution < 1.29 is 4.79 Å². The summed E-state index contributed by atoms with van der Waals surface area (Å²) >= 11 is 7.80. The van der Waals surface area contributed by atoms with Crippen LogP contribution in [0, 0.1) is 6.92 Å². The van der Waals surface area contributed by atoms with Gasteiger partial charge < -0.3 is 5.32 Å². The summed E-state index contributed by atoms with van der Waals surface area (Å²) in [6, 6.07) is 13.1. The van der Waals surface area contributed by atoms with Crippen LogP contribution in [0.2, 0.25) is 5.02 Å². The van der Waals surface area contributed by atoms with Crippen molar-refractivity contribution in [2.24, 2.45) is 0 Å². The van der Waals surface area contributed by atoms with Crippen molar-refractivity contribution in [1.82, 2.24) is 0 Å². The zero-order chi connectivity index (χ0) is 14.5. The lowest BCUT2D eigenvalue weighted by Gasteiger charge is -2.07. The maximum absolute atomic E-state index is 12.1. The first-order valence-corrected chi connectivity index (χ1v) is 8.02. The molecule has 4 heteroatoms. The topological polar surface area (TPSA) is 29.1 Å². The predicted molar refractivity (Wildman–Crippen MR) is 87.8 cm³/mol. The van der Waals surface area contributed by atoms with Gasteiger partial charge in [-0.1, -0.05) is 29.8 Å². The van der Waals surface area contributed by atoms with Crippen LogP contribution in [0.4, 0.5) is 5.69 Å². The van der Waals surface area contributed by atoms with E-state index >= 15 is 0 Å². The molecular formula is C16H16ClNOS. The molecular weight excluding hydrogens is 290 g/mol. The fourth-order valence-corrected chi connectivity index (χ4v) is 2.50. The molecule has 104 valence electrons. The zero-order valence-electron chi connectivity index (χ0n) is 11.4. The number of anilines is 1. The largest absolute Gasteiger partial charge is 0.322 e. The Morgan fingerprint density at radius 3 is 2.50 bits per heavy atom. The molecule has 1 amide bonds. The molecule has 0 saturated heterocycles. The molecule has 20 heavy (non-hydrogen) atoms. The Hall–Kier alpha value is -1.45. The number of benzene rings is 2. The minimum Gasteiger partial charge on any atom is -0.322 e. The SMILES string of the molecule is CSCc1ccc(C(=O)Nc2ccc(C)c(Cl)c2)cc1. The summed E-state index contributed by atoms with van der Waals surface area (Å²) in [5, 5.41) is 3.50. The van der Waals surface area contributed by atoms with E-state index in [0.717, 1.165) is 11.3 Å². The number of carbonyl (C=O) groups is 1. The molecule has 1 N–H and O–H groups in total. The Morgan fingerprint density at radius 1 is 1.20 bits per heavy atom. The summed E-state index contributed by atoms with van der Waals surface area (Å²) in [6.07, 6.45) is 2.06. The molecule has 0 saturated carbocycles. The molecule has 0 aliphatic rings. The number of carbonyl (C=O) groups excluding carboxylic acids is 1. The van der Waals surface area contributed by atoms with Crippen molar-refractivity contribution in [2.45, 2.75) is 12.7 Å². The maximum Gasteiger partial charge on any atom is 0.255 e. The lowest BCUT2D eigenvalue weighted by Crippen LogP contribution is -2.11. The molecule has 0 atom stereocenters. The summed E-state index contributed by atoms with van der Waals surface area (Å²) < 4.78 is 0. The molecule has 0 aliphatic heterocycles. The van der Waals surface area contributed by atoms with E-state index in [2.05, 4.69) is 11.6 Å². The van der Waals surface area contributed by atoms with Crippen LogP contribution in [0.25, 0.3) is 0 Å². The van der Waals surface area contributed by atoms with E-state index in [-0.39, 0.29) is 5.91 Å². The van der Waals surface area contributed by atoms with Crippen LogP contribution in [0.3, 0.4) is 0 Å². The Bertz CT molecular complexity index is 610. The highest BCUT2D eigenvalue weighted by Crippen LogP contribution is 2.20. The summed E-state index contributed by atoms with van der Waals surface area (Å²) in [5.74, 6) is 0.829. The lowest BCUT2D eigenvalue weighted by atomic mass is 10.1. The highest BCUT2D eigenvalue weighted by atomic mass is 35.5. The molecule has 0 fully saturated rings. The van der Waals surface area contributed by atoms with Gasteiger partial charge in [-0.25, -0.2) is 0 Å². The molecule has 2 rings (SSSR count). The van der Waals surface area contributed by atoms with Crippen molar-refractivity contribution in [2.75, 3.05) is 11.6 Å². The van der Waals surface area contributed by atoms with Gasteiger partial charge in [-0.15, -0.1) is 0 Å². The normalized spacial score (nSPS) is 10.3. The van der Waals surface area contributed by atoms with E-state index in [1.807, 2.05) is 43.3 Å². The third kappa shape index (κ3) is 3.78. The fourth-order valence-electron chi connectivity index (χ4n) is 1.79. The van der Waals surface area contributed by atoms with Gasteiger partial charge in [0.05, 0.1) is 0 Å². The fraction of sp³-hybridized carbons (Fsp3) is 0.188. The minimum absolute atomic E-state index is 0.124. The molecule has 0 radical (unpaired) electrons. The van der Waals surface area contributed by atoms with Gasteiger partial charge in [0.1, 0.15) is 0 Å². The van der Waals surface area contributed by atoms with Crippen molar-refractivity contribution in [3.05, 3.63) is 64.2 Å². The molecule has 2 aromatic carbocycles. The Labute approximate surface area is 128 Å². The summed E-state index contributed by atoms with van der Waals surface area (Å²) in [5.41, 5.74) is 3.56. The van der Waals surface area contributed by atoms with Crippen molar-refractivity contribution in [3.8, 4) is 0 Å². The van der Waals surface area contributed by atoms with Crippen LogP contribution < -0.4 is 5.32 Å². The van der Waals surface area contributed by atoms with E-state index in [4.69, 9.17) is 11.6 Å². The Kier molecular flexibility index (Phi) is 5.10. The number of aryl methyl sites for hydroxylation is 1. The molecule has 0 heterocycles. The number of thioether (sulfide) groups is 1. The Balaban J connectivity index is 2.09. The lowest BCUT2D eigenvalue weighted by molar-refractivity contribution is 0.102. The van der Waals surface area contributed by atoms with Gasteiger partial charge in [-0.05, 0) is 48.6 Å². The van der Waals surface area contributed by atoms with Crippen LogP contribution in [0.5, 0.6) is 0 Å². The first-order chi connectivity index (χ1) is 9.60. The second-order valence-electron chi connectivity index (χ2n) is 4.55. The van der Waals surface area contributed by atoms with Crippen molar-refractivity contribution in [3.63, 3.8) is 0 Å². The molecule has 2 aromatic rings. The number of hydrogen-bond donors (Lipinski definition) is 1. The second kappa shape index (κ2) is 6.82. The van der Waals surface area contributed by atoms with Crippen LogP contribution in [0.15, 0.2) is 42.5 Å². The average Bonchev–Trinajstić information content (AvgIpc) is 2.44. The number of rotatable bonds is 4. The summed E-state index contributed by atoms with van der Waals surface area (Å²) in [4.78, 5) is 12.1. The van der Waals surface area contributed by atoms with Crippen LogP contribution in [0.1, 0.15) is 21.5 Å². The van der Waals surface area contributed by atoms with Crippen molar-refractivity contribution >= 4 is 35.0 Å². The van der Waals surface area contributed by atoms with Crippen molar-refractivity contribution in [1.29, 1.82) is 0 Å². The van der Waals surface area contributed by atoms with Crippen LogP contribution in [-0.2, 0) is 5.75 Å². The van der Waals surface area contributed by atoms with Gasteiger partial charge in [0.25, 0.3) is 5.91 Å². The predicted octanol–water partition coefficient (Wildman–Crippen LogP) is 4.76. The third-order valence-electron chi connectivity index (χ3n) is 2.96. The van der Waals surface area contributed by atoms with E-state index < -0.39 is 0 Å². The van der Waals surface area contributed by atoms with E-state index in [1.54, 1.807) is 17.8 Å². The molecule has 0 aromatic heterocycles. The second-order valence-corrected chi connectivity index (χ2v) is 5.82. The summed E-state index contributed by atoms with van der Waals surface area (Å²) in [6.45, 7) is 1.93. The van der Waals surface area contributed by atoms with E-state index in [1.165, 1.54) is 5.56 Å². The highest BCUT2D eigenvalue weighted by Gasteiger charge is 2.07. The Morgan fingerprint density at radius 2 is 1.90 bits per heavy atom. The number of amides is 1. The first-order valence-electron chi connectivity index (χ1n) is 6.25. The molecule has 0 spiro atoms. The minimum atomic E-state index is -0.124. The molecule has 0 bridgehead atoms. The third-order valence-corrected chi connectivity index (χ3v) is 3.99. The molecule has 2 nitrogen and oxygen atoms in total. The van der Waals surface area contributed by atoms with Gasteiger partial charge in [0, 0.05) is 22.0 Å². The highest BCUT2D eigenvalue weighted by molar-refractivity contribution is 7.97. The first kappa shape index (κ1) is 14.9. The van der Waals surface area contributed by atoms with Crippen LogP contribution >= 0.6 is 23.4 Å². The maximum atomic E-state index is 12.1. The molecule has 0 aliphatic carbocycles. The van der Waals surface area contributed by atoms with Gasteiger partial charge >= 0.3 is 0 Å². The van der Waals surface area contributed by atoms with Gasteiger partial charge in [0.2, 0.25) is 0 Å². The quantitative estimate of drug-likeness (QED) is 0.882. The van der Waals surface area contributed by atoms with E-state index in [0.29, 0.717) is 16.3 Å². The van der Waals surface area contributed by atoms with Gasteiger partial charge in [-0.3, -0.25) is 4.79 Å². The monoisotopic (exact) mass is 305 g/mol. The standard InChI is InChI=1S/C16H16ClNOS/c1-11-3-8-14(9-15(11)17)18-16(19)13-6-4-12(5-7-13)10-20-2/h3-9H,10H2,1-2H3,(H,18,19). The van der Waals surface area contributed by atoms with Crippen LogP contribution in [-0.4, -0.2) is 12.2 Å². The average molecular weight is 306 g/mol. The summed E-state index contributed by atoms with van der Waals surface area (Å²) in [7, 11) is 0. The van der Waals surface area contributed by atoms with Gasteiger partial charge in [-0.2, -0.15) is 11.8 Å². The zero-order valence-corrected chi connectivity index (χ0v) is 13.0.